The highest BCUT2D eigenvalue weighted by Gasteiger charge is 2.42. The fourth-order valence-electron chi connectivity index (χ4n) is 3.62. The van der Waals surface area contributed by atoms with Gasteiger partial charge >= 0.3 is 0 Å². The van der Waals surface area contributed by atoms with Crippen molar-refractivity contribution in [1.29, 1.82) is 0 Å². The second-order valence-corrected chi connectivity index (χ2v) is 11.4. The molecule has 152 valence electrons. The van der Waals surface area contributed by atoms with Crippen molar-refractivity contribution in [2.24, 2.45) is 11.3 Å². The number of hydroxylamine groups is 2. The van der Waals surface area contributed by atoms with Crippen LogP contribution in [0.4, 0.5) is 0 Å². The summed E-state index contributed by atoms with van der Waals surface area (Å²) >= 11 is 0. The van der Waals surface area contributed by atoms with E-state index in [2.05, 4.69) is 33.9 Å². The summed E-state index contributed by atoms with van der Waals surface area (Å²) in [7, 11) is 0.528. The van der Waals surface area contributed by atoms with Gasteiger partial charge in [-0.1, -0.05) is 51.1 Å². The van der Waals surface area contributed by atoms with E-state index in [1.807, 2.05) is 35.4 Å². The first-order valence-electron chi connectivity index (χ1n) is 9.97. The van der Waals surface area contributed by atoms with Crippen molar-refractivity contribution < 1.29 is 14.4 Å². The molecule has 1 aliphatic rings. The van der Waals surface area contributed by atoms with Crippen molar-refractivity contribution in [3.63, 3.8) is 0 Å². The number of carbonyl (C=O) groups is 1. The van der Waals surface area contributed by atoms with Gasteiger partial charge in [-0.25, -0.2) is 0 Å². The number of aliphatic hydroxyl groups is 1. The Morgan fingerprint density at radius 3 is 2.52 bits per heavy atom. The first kappa shape index (κ1) is 22.1. The Morgan fingerprint density at radius 1 is 1.33 bits per heavy atom. The second kappa shape index (κ2) is 9.32. The van der Waals surface area contributed by atoms with Crippen LogP contribution in [0.1, 0.15) is 39.2 Å². The Kier molecular flexibility index (Phi) is 7.62. The molecule has 5 nitrogen and oxygen atoms in total. The van der Waals surface area contributed by atoms with Crippen LogP contribution in [0.3, 0.4) is 0 Å². The number of nitrogens with zero attached hydrogens (tertiary/aromatic N) is 2. The summed E-state index contributed by atoms with van der Waals surface area (Å²) in [5.74, 6) is 0.411. The molecule has 0 aromatic heterocycles. The first-order valence-corrected chi connectivity index (χ1v) is 12.8. The summed E-state index contributed by atoms with van der Waals surface area (Å²) in [6.07, 6.45) is 0.280. The smallest absolute Gasteiger partial charge is 0.225 e. The summed E-state index contributed by atoms with van der Waals surface area (Å²) < 4.78 is 6.10. The number of rotatable bonds is 7. The van der Waals surface area contributed by atoms with Crippen LogP contribution in [0.5, 0.6) is 0 Å². The predicted octanol–water partition coefficient (Wildman–Crippen LogP) is 3.05. The molecule has 1 saturated heterocycles. The maximum atomic E-state index is 12.6. The summed E-state index contributed by atoms with van der Waals surface area (Å²) in [6.45, 7) is 12.3. The maximum Gasteiger partial charge on any atom is 0.225 e. The van der Waals surface area contributed by atoms with Crippen LogP contribution in [0, 0.1) is 11.3 Å². The van der Waals surface area contributed by atoms with Crippen LogP contribution in [-0.2, 0) is 15.9 Å². The topological polar surface area (TPSA) is 53.0 Å². The number of aliphatic hydroxyl groups excluding tert-OH is 1. The summed E-state index contributed by atoms with van der Waals surface area (Å²) in [6, 6.07) is 9.81. The monoisotopic (exact) mass is 392 g/mol. The standard InChI is InChI=1S/C21H36N2O3Si/c1-21(2,3)17-12-18(23(15-17)26-27(5)6)19(24)13-20(25)22(4)14-16-10-8-7-9-11-16/h7-11,17-19,24,27H,12-15H2,1-6H3/t17-,18-,19?/m0/s1. The molecule has 1 heterocycles. The van der Waals surface area contributed by atoms with Gasteiger partial charge in [0, 0.05) is 20.1 Å². The highest BCUT2D eigenvalue weighted by Crippen LogP contribution is 2.38. The van der Waals surface area contributed by atoms with Gasteiger partial charge in [0.1, 0.15) is 0 Å². The van der Waals surface area contributed by atoms with Crippen molar-refractivity contribution in [2.45, 2.75) is 65.4 Å². The molecule has 0 saturated carbocycles. The SMILES string of the molecule is CN(Cc1ccccc1)C(=O)CC(O)[C@@H]1C[C@H](C(C)(C)C)CN1O[SiH](C)C. The van der Waals surface area contributed by atoms with E-state index in [9.17, 15) is 9.90 Å². The van der Waals surface area contributed by atoms with Crippen molar-refractivity contribution in [2.75, 3.05) is 13.6 Å². The van der Waals surface area contributed by atoms with E-state index in [1.54, 1.807) is 11.9 Å². The quantitative estimate of drug-likeness (QED) is 0.725. The third-order valence-corrected chi connectivity index (χ3v) is 6.08. The zero-order valence-electron chi connectivity index (χ0n) is 17.7. The van der Waals surface area contributed by atoms with Crippen LogP contribution < -0.4 is 0 Å². The fourth-order valence-corrected chi connectivity index (χ4v) is 4.40. The van der Waals surface area contributed by atoms with Crippen LogP contribution in [0.2, 0.25) is 13.1 Å². The number of hydrogen-bond donors (Lipinski definition) is 1. The van der Waals surface area contributed by atoms with Crippen LogP contribution in [-0.4, -0.2) is 55.8 Å². The molecule has 1 amide bonds. The van der Waals surface area contributed by atoms with Crippen LogP contribution in [0.25, 0.3) is 0 Å². The minimum atomic E-state index is -1.27. The van der Waals surface area contributed by atoms with E-state index >= 15 is 0 Å². The lowest BCUT2D eigenvalue weighted by Crippen LogP contribution is -2.43. The first-order chi connectivity index (χ1) is 12.6. The van der Waals surface area contributed by atoms with E-state index < -0.39 is 15.1 Å². The molecule has 0 radical (unpaired) electrons. The Morgan fingerprint density at radius 2 is 1.96 bits per heavy atom. The summed E-state index contributed by atoms with van der Waals surface area (Å²) in [5, 5.41) is 12.8. The molecule has 0 bridgehead atoms. The largest absolute Gasteiger partial charge is 0.391 e. The van der Waals surface area contributed by atoms with Gasteiger partial charge in [-0.05, 0) is 36.4 Å². The Balaban J connectivity index is 1.98. The molecular weight excluding hydrogens is 356 g/mol. The zero-order valence-corrected chi connectivity index (χ0v) is 18.8. The van der Waals surface area contributed by atoms with Gasteiger partial charge in [-0.3, -0.25) is 4.79 Å². The van der Waals surface area contributed by atoms with E-state index in [-0.39, 0.29) is 23.8 Å². The van der Waals surface area contributed by atoms with Gasteiger partial charge in [-0.15, -0.1) is 0 Å². The summed E-state index contributed by atoms with van der Waals surface area (Å²) in [5.41, 5.74) is 1.25. The molecule has 1 unspecified atom stereocenters. The lowest BCUT2D eigenvalue weighted by molar-refractivity contribution is -0.138. The van der Waals surface area contributed by atoms with E-state index in [0.29, 0.717) is 12.5 Å². The predicted molar refractivity (Wildman–Crippen MR) is 112 cm³/mol. The van der Waals surface area contributed by atoms with Gasteiger partial charge in [0.05, 0.1) is 18.6 Å². The van der Waals surface area contributed by atoms with E-state index in [0.717, 1.165) is 18.5 Å². The minimum absolute atomic E-state index is 0.0349. The molecule has 27 heavy (non-hydrogen) atoms. The average Bonchev–Trinajstić information content (AvgIpc) is 2.99. The number of carbonyl (C=O) groups excluding carboxylic acids is 1. The number of hydrogen-bond acceptors (Lipinski definition) is 4. The molecule has 1 aromatic rings. The van der Waals surface area contributed by atoms with Crippen molar-refractivity contribution in [3.05, 3.63) is 35.9 Å². The Hall–Kier alpha value is -1.21. The molecule has 3 atom stereocenters. The zero-order chi connectivity index (χ0) is 20.2. The molecule has 1 fully saturated rings. The minimum Gasteiger partial charge on any atom is -0.391 e. The van der Waals surface area contributed by atoms with Crippen LogP contribution in [0.15, 0.2) is 30.3 Å². The van der Waals surface area contributed by atoms with Gasteiger partial charge in [-0.2, -0.15) is 5.06 Å². The fraction of sp³-hybridized carbons (Fsp3) is 0.667. The Labute approximate surface area is 166 Å². The molecule has 1 aromatic carbocycles. The molecule has 0 aliphatic carbocycles. The Bertz CT molecular complexity index is 603. The molecule has 0 spiro atoms. The third kappa shape index (κ3) is 6.42. The van der Waals surface area contributed by atoms with E-state index in [1.165, 1.54) is 0 Å². The van der Waals surface area contributed by atoms with E-state index in [4.69, 9.17) is 4.53 Å². The van der Waals surface area contributed by atoms with Gasteiger partial charge in [0.25, 0.3) is 0 Å². The lowest BCUT2D eigenvalue weighted by Gasteiger charge is -2.30. The van der Waals surface area contributed by atoms with Crippen molar-refractivity contribution in [3.8, 4) is 0 Å². The maximum absolute atomic E-state index is 12.6. The van der Waals surface area contributed by atoms with Gasteiger partial charge < -0.3 is 14.5 Å². The number of benzene rings is 1. The highest BCUT2D eigenvalue weighted by molar-refractivity contribution is 6.48. The van der Waals surface area contributed by atoms with Gasteiger partial charge in [0.2, 0.25) is 5.91 Å². The molecule has 2 rings (SSSR count). The average molecular weight is 393 g/mol. The molecule has 1 N–H and O–H groups in total. The van der Waals surface area contributed by atoms with Crippen LogP contribution >= 0.6 is 0 Å². The molecule has 6 heteroatoms. The lowest BCUT2D eigenvalue weighted by atomic mass is 9.79. The van der Waals surface area contributed by atoms with Crippen molar-refractivity contribution in [1.82, 2.24) is 9.96 Å². The molecular formula is C21H36N2O3Si. The normalized spacial score (nSPS) is 22.2. The van der Waals surface area contributed by atoms with Crippen molar-refractivity contribution >= 4 is 14.9 Å². The third-order valence-electron chi connectivity index (χ3n) is 5.38. The summed E-state index contributed by atoms with van der Waals surface area (Å²) in [4.78, 5) is 14.3. The van der Waals surface area contributed by atoms with Gasteiger partial charge in [0.15, 0.2) is 9.04 Å². The number of amides is 1. The molecule has 1 aliphatic heterocycles. The second-order valence-electron chi connectivity index (χ2n) is 9.13. The highest BCUT2D eigenvalue weighted by atomic mass is 28.3.